The number of benzene rings is 2. The molecule has 2 rings (SSSR count). The molecule has 0 bridgehead atoms. The lowest BCUT2D eigenvalue weighted by atomic mass is 10.00. The van der Waals surface area contributed by atoms with Crippen LogP contribution in [0.4, 0.5) is 0 Å². The molecule has 2 aromatic carbocycles. The van der Waals surface area contributed by atoms with Gasteiger partial charge in [0.25, 0.3) is 0 Å². The Morgan fingerprint density at radius 3 is 2.32 bits per heavy atom. The van der Waals surface area contributed by atoms with Gasteiger partial charge in [-0.2, -0.15) is 0 Å². The summed E-state index contributed by atoms with van der Waals surface area (Å²) in [5.41, 5.74) is 1.25. The van der Waals surface area contributed by atoms with Gasteiger partial charge in [0.05, 0.1) is 11.7 Å². The number of aliphatic hydroxyl groups excluding tert-OH is 1. The molecule has 0 saturated heterocycles. The summed E-state index contributed by atoms with van der Waals surface area (Å²) >= 11 is 0. The molecule has 0 amide bonds. The molecule has 0 aliphatic rings. The summed E-state index contributed by atoms with van der Waals surface area (Å²) in [5.74, 6) is -0.291. The first-order valence-corrected chi connectivity index (χ1v) is 6.20. The van der Waals surface area contributed by atoms with Crippen LogP contribution < -0.4 is 0 Å². The molecular formula is C16H16O3. The predicted molar refractivity (Wildman–Crippen MR) is 73.2 cm³/mol. The molecule has 0 heterocycles. The number of Topliss-reactive ketones (excluding diaryl/α,β-unsaturated/α-hetero) is 1. The van der Waals surface area contributed by atoms with Gasteiger partial charge in [-0.15, -0.1) is 0 Å². The molecule has 0 spiro atoms. The van der Waals surface area contributed by atoms with E-state index in [-0.39, 0.29) is 23.5 Å². The van der Waals surface area contributed by atoms with Crippen molar-refractivity contribution >= 4 is 5.78 Å². The molecule has 2 aromatic rings. The van der Waals surface area contributed by atoms with Crippen LogP contribution in [0, 0.1) is 0 Å². The van der Waals surface area contributed by atoms with Crippen molar-refractivity contribution in [2.24, 2.45) is 0 Å². The lowest BCUT2D eigenvalue weighted by molar-refractivity contribution is 0.0878. The summed E-state index contributed by atoms with van der Waals surface area (Å²) < 4.78 is 0. The van der Waals surface area contributed by atoms with Gasteiger partial charge < -0.3 is 10.2 Å². The van der Waals surface area contributed by atoms with Gasteiger partial charge in [0, 0.05) is 6.42 Å². The summed E-state index contributed by atoms with van der Waals surface area (Å²) in [6, 6.07) is 15.9. The molecule has 0 radical (unpaired) electrons. The van der Waals surface area contributed by atoms with E-state index >= 15 is 0 Å². The Balaban J connectivity index is 1.98. The fourth-order valence-corrected chi connectivity index (χ4v) is 1.99. The number of para-hydroxylation sites is 1. The van der Waals surface area contributed by atoms with E-state index in [9.17, 15) is 15.0 Å². The maximum Gasteiger partial charge on any atom is 0.169 e. The maximum atomic E-state index is 11.9. The van der Waals surface area contributed by atoms with E-state index in [0.29, 0.717) is 6.42 Å². The fraction of sp³-hybridized carbons (Fsp3) is 0.188. The second kappa shape index (κ2) is 6.16. The number of carbonyl (C=O) groups excluding carboxylic acids is 1. The lowest BCUT2D eigenvalue weighted by Gasteiger charge is -2.10. The van der Waals surface area contributed by atoms with E-state index < -0.39 is 6.10 Å². The minimum atomic E-state index is -0.741. The predicted octanol–water partition coefficient (Wildman–Crippen LogP) is 2.57. The average molecular weight is 256 g/mol. The number of aliphatic hydroxyl groups is 1. The van der Waals surface area contributed by atoms with Crippen molar-refractivity contribution in [1.82, 2.24) is 0 Å². The van der Waals surface area contributed by atoms with Crippen LogP contribution in [0.3, 0.4) is 0 Å². The summed E-state index contributed by atoms with van der Waals surface area (Å²) in [5, 5.41) is 19.5. The number of aromatic hydroxyl groups is 1. The van der Waals surface area contributed by atoms with E-state index in [4.69, 9.17) is 0 Å². The van der Waals surface area contributed by atoms with Crippen LogP contribution >= 0.6 is 0 Å². The normalized spacial score (nSPS) is 12.1. The quantitative estimate of drug-likeness (QED) is 0.808. The van der Waals surface area contributed by atoms with E-state index in [1.807, 2.05) is 30.3 Å². The number of rotatable bonds is 5. The SMILES string of the molecule is O=C(CC(O)Cc1ccccc1)c1ccccc1O. The Hall–Kier alpha value is -2.13. The third-order valence-electron chi connectivity index (χ3n) is 2.94. The van der Waals surface area contributed by atoms with Crippen molar-refractivity contribution in [3.05, 3.63) is 65.7 Å². The molecule has 0 aromatic heterocycles. The van der Waals surface area contributed by atoms with Gasteiger partial charge in [0.2, 0.25) is 0 Å². The Bertz CT molecular complexity index is 549. The number of carbonyl (C=O) groups is 1. The molecule has 98 valence electrons. The third kappa shape index (κ3) is 3.66. The van der Waals surface area contributed by atoms with Crippen molar-refractivity contribution in [2.75, 3.05) is 0 Å². The molecule has 0 fully saturated rings. The molecule has 19 heavy (non-hydrogen) atoms. The minimum absolute atomic E-state index is 0.00642. The highest BCUT2D eigenvalue weighted by atomic mass is 16.3. The van der Waals surface area contributed by atoms with Gasteiger partial charge in [-0.3, -0.25) is 4.79 Å². The molecule has 0 aliphatic heterocycles. The van der Waals surface area contributed by atoms with Crippen LogP contribution in [-0.2, 0) is 6.42 Å². The monoisotopic (exact) mass is 256 g/mol. The van der Waals surface area contributed by atoms with Crippen molar-refractivity contribution < 1.29 is 15.0 Å². The molecule has 3 heteroatoms. The largest absolute Gasteiger partial charge is 0.507 e. The van der Waals surface area contributed by atoms with Crippen molar-refractivity contribution in [1.29, 1.82) is 0 Å². The molecule has 0 aliphatic carbocycles. The van der Waals surface area contributed by atoms with Crippen LogP contribution in [-0.4, -0.2) is 22.1 Å². The first-order valence-electron chi connectivity index (χ1n) is 6.20. The Labute approximate surface area is 112 Å². The molecule has 1 atom stereocenters. The maximum absolute atomic E-state index is 11.9. The molecule has 2 N–H and O–H groups in total. The number of hydrogen-bond donors (Lipinski definition) is 2. The zero-order valence-electron chi connectivity index (χ0n) is 10.5. The Morgan fingerprint density at radius 1 is 1.00 bits per heavy atom. The highest BCUT2D eigenvalue weighted by Crippen LogP contribution is 2.19. The molecular weight excluding hydrogens is 240 g/mol. The number of phenols is 1. The van der Waals surface area contributed by atoms with Crippen LogP contribution in [0.1, 0.15) is 22.3 Å². The first kappa shape index (κ1) is 13.3. The van der Waals surface area contributed by atoms with Gasteiger partial charge >= 0.3 is 0 Å². The van der Waals surface area contributed by atoms with Crippen LogP contribution in [0.15, 0.2) is 54.6 Å². The summed E-state index contributed by atoms with van der Waals surface area (Å²) in [6.07, 6.45) is -0.304. The van der Waals surface area contributed by atoms with Crippen molar-refractivity contribution in [2.45, 2.75) is 18.9 Å². The molecule has 0 saturated carbocycles. The number of phenolic OH excluding ortho intramolecular Hbond substituents is 1. The molecule has 3 nitrogen and oxygen atoms in total. The zero-order valence-corrected chi connectivity index (χ0v) is 10.5. The van der Waals surface area contributed by atoms with E-state index in [1.165, 1.54) is 6.07 Å². The van der Waals surface area contributed by atoms with Crippen LogP contribution in [0.5, 0.6) is 5.75 Å². The second-order valence-electron chi connectivity index (χ2n) is 4.49. The molecule has 1 unspecified atom stereocenters. The van der Waals surface area contributed by atoms with Crippen LogP contribution in [0.2, 0.25) is 0 Å². The topological polar surface area (TPSA) is 57.5 Å². The van der Waals surface area contributed by atoms with Gasteiger partial charge in [0.1, 0.15) is 5.75 Å². The summed E-state index contributed by atoms with van der Waals surface area (Å²) in [7, 11) is 0. The standard InChI is InChI=1S/C16H16O3/c17-13(10-12-6-2-1-3-7-12)11-16(19)14-8-4-5-9-15(14)18/h1-9,13,17-18H,10-11H2. The third-order valence-corrected chi connectivity index (χ3v) is 2.94. The van der Waals surface area contributed by atoms with Crippen molar-refractivity contribution in [3.8, 4) is 5.75 Å². The van der Waals surface area contributed by atoms with E-state index in [2.05, 4.69) is 0 Å². The number of ketones is 1. The lowest BCUT2D eigenvalue weighted by Crippen LogP contribution is -2.16. The van der Waals surface area contributed by atoms with Gasteiger partial charge in [-0.05, 0) is 24.1 Å². The smallest absolute Gasteiger partial charge is 0.169 e. The second-order valence-corrected chi connectivity index (χ2v) is 4.49. The Morgan fingerprint density at radius 2 is 1.63 bits per heavy atom. The van der Waals surface area contributed by atoms with Crippen molar-refractivity contribution in [3.63, 3.8) is 0 Å². The minimum Gasteiger partial charge on any atom is -0.507 e. The number of hydrogen-bond acceptors (Lipinski definition) is 3. The van der Waals surface area contributed by atoms with Gasteiger partial charge in [-0.1, -0.05) is 42.5 Å². The fourth-order valence-electron chi connectivity index (χ4n) is 1.99. The van der Waals surface area contributed by atoms with Gasteiger partial charge in [0.15, 0.2) is 5.78 Å². The first-order chi connectivity index (χ1) is 9.16. The zero-order chi connectivity index (χ0) is 13.7. The summed E-state index contributed by atoms with van der Waals surface area (Å²) in [6.45, 7) is 0. The summed E-state index contributed by atoms with van der Waals surface area (Å²) in [4.78, 5) is 11.9. The highest BCUT2D eigenvalue weighted by Gasteiger charge is 2.15. The Kier molecular flexibility index (Phi) is 4.31. The highest BCUT2D eigenvalue weighted by molar-refractivity contribution is 5.98. The average Bonchev–Trinajstić information content (AvgIpc) is 2.40. The van der Waals surface area contributed by atoms with Crippen LogP contribution in [0.25, 0.3) is 0 Å². The van der Waals surface area contributed by atoms with E-state index in [0.717, 1.165) is 5.56 Å². The van der Waals surface area contributed by atoms with Gasteiger partial charge in [-0.25, -0.2) is 0 Å². The van der Waals surface area contributed by atoms with E-state index in [1.54, 1.807) is 18.2 Å².